The van der Waals surface area contributed by atoms with E-state index >= 15 is 0 Å². The third-order valence-corrected chi connectivity index (χ3v) is 3.73. The van der Waals surface area contributed by atoms with Gasteiger partial charge in [0.25, 0.3) is 0 Å². The lowest BCUT2D eigenvalue weighted by Crippen LogP contribution is -2.37. The van der Waals surface area contributed by atoms with E-state index in [1.165, 1.54) is 0 Å². The van der Waals surface area contributed by atoms with Crippen LogP contribution in [0, 0.1) is 0 Å². The highest BCUT2D eigenvalue weighted by Crippen LogP contribution is 2.24. The van der Waals surface area contributed by atoms with E-state index in [-0.39, 0.29) is 18.7 Å². The molecular weight excluding hydrogens is 288 g/mol. The van der Waals surface area contributed by atoms with Crippen molar-refractivity contribution in [3.8, 4) is 0 Å². The van der Waals surface area contributed by atoms with E-state index in [0.29, 0.717) is 0 Å². The molecule has 1 heterocycles. The van der Waals surface area contributed by atoms with Gasteiger partial charge in [-0.25, -0.2) is 4.79 Å². The molecular formula is C19H20N2O2. The maximum atomic E-state index is 12.5. The molecule has 0 bridgehead atoms. The Morgan fingerprint density at radius 3 is 2.65 bits per heavy atom. The lowest BCUT2D eigenvalue weighted by Gasteiger charge is -2.26. The molecule has 3 rings (SSSR count). The fourth-order valence-corrected chi connectivity index (χ4v) is 2.59. The fourth-order valence-electron chi connectivity index (χ4n) is 2.59. The molecule has 0 saturated carbocycles. The van der Waals surface area contributed by atoms with Crippen molar-refractivity contribution in [3.05, 3.63) is 66.4 Å². The Kier molecular flexibility index (Phi) is 4.33. The van der Waals surface area contributed by atoms with Crippen molar-refractivity contribution in [2.24, 2.45) is 0 Å². The van der Waals surface area contributed by atoms with Gasteiger partial charge in [-0.05, 0) is 43.7 Å². The normalized spacial score (nSPS) is 10.9. The summed E-state index contributed by atoms with van der Waals surface area (Å²) in [4.78, 5) is 17.4. The minimum Gasteiger partial charge on any atom is -0.444 e. The van der Waals surface area contributed by atoms with Gasteiger partial charge >= 0.3 is 6.09 Å². The average Bonchev–Trinajstić information content (AvgIpc) is 3.01. The summed E-state index contributed by atoms with van der Waals surface area (Å²) in [6.45, 7) is 4.23. The molecule has 0 aliphatic rings. The summed E-state index contributed by atoms with van der Waals surface area (Å²) in [6.07, 6.45) is 1.56. The van der Waals surface area contributed by atoms with E-state index in [1.54, 1.807) is 4.90 Å². The van der Waals surface area contributed by atoms with E-state index in [1.807, 2.05) is 74.6 Å². The second kappa shape index (κ2) is 6.57. The Morgan fingerprint density at radius 1 is 1.13 bits per heavy atom. The van der Waals surface area contributed by atoms with Gasteiger partial charge in [-0.15, -0.1) is 0 Å². The molecule has 4 nitrogen and oxygen atoms in total. The highest BCUT2D eigenvalue weighted by molar-refractivity contribution is 5.92. The van der Waals surface area contributed by atoms with Crippen LogP contribution in [0.2, 0.25) is 0 Å². The Hall–Kier alpha value is -2.75. The highest BCUT2D eigenvalue weighted by atomic mass is 16.6. The number of aromatic nitrogens is 1. The fraction of sp³-hybridized carbons (Fsp3) is 0.211. The van der Waals surface area contributed by atoms with Gasteiger partial charge in [-0.2, -0.15) is 0 Å². The van der Waals surface area contributed by atoms with Crippen molar-refractivity contribution >= 4 is 22.7 Å². The molecule has 0 fully saturated rings. The first-order valence-electron chi connectivity index (χ1n) is 7.72. The molecule has 0 aliphatic heterocycles. The first kappa shape index (κ1) is 15.2. The maximum Gasteiger partial charge on any atom is 0.414 e. The molecule has 118 valence electrons. The summed E-state index contributed by atoms with van der Waals surface area (Å²) in [5.74, 6) is 0. The zero-order valence-corrected chi connectivity index (χ0v) is 13.3. The number of carbonyl (C=O) groups is 1. The Morgan fingerprint density at radius 2 is 1.91 bits per heavy atom. The lowest BCUT2D eigenvalue weighted by molar-refractivity contribution is 0.145. The van der Waals surface area contributed by atoms with Gasteiger partial charge in [0.1, 0.15) is 6.61 Å². The topological polar surface area (TPSA) is 45.3 Å². The summed E-state index contributed by atoms with van der Waals surface area (Å²) in [6, 6.07) is 17.6. The monoisotopic (exact) mass is 308 g/mol. The van der Waals surface area contributed by atoms with Crippen LogP contribution in [-0.4, -0.2) is 17.1 Å². The average molecular weight is 308 g/mol. The van der Waals surface area contributed by atoms with Crippen LogP contribution in [0.4, 0.5) is 10.5 Å². The predicted octanol–water partition coefficient (Wildman–Crippen LogP) is 4.72. The number of benzene rings is 2. The molecule has 0 atom stereocenters. The van der Waals surface area contributed by atoms with Gasteiger partial charge in [0, 0.05) is 28.8 Å². The third kappa shape index (κ3) is 3.37. The number of anilines is 1. The lowest BCUT2D eigenvalue weighted by atomic mass is 10.2. The van der Waals surface area contributed by atoms with Crippen LogP contribution in [0.3, 0.4) is 0 Å². The van der Waals surface area contributed by atoms with Gasteiger partial charge < -0.3 is 9.72 Å². The van der Waals surface area contributed by atoms with Crippen molar-refractivity contribution in [1.29, 1.82) is 0 Å². The number of rotatable bonds is 4. The second-order valence-corrected chi connectivity index (χ2v) is 5.75. The third-order valence-electron chi connectivity index (χ3n) is 3.73. The molecule has 0 radical (unpaired) electrons. The van der Waals surface area contributed by atoms with Crippen LogP contribution in [-0.2, 0) is 11.3 Å². The molecule has 23 heavy (non-hydrogen) atoms. The number of amides is 1. The summed E-state index contributed by atoms with van der Waals surface area (Å²) < 4.78 is 5.48. The molecule has 2 aromatic carbocycles. The molecule has 1 amide bonds. The number of aromatic amines is 1. The molecule has 1 N–H and O–H groups in total. The minimum atomic E-state index is -0.335. The van der Waals surface area contributed by atoms with Crippen molar-refractivity contribution in [1.82, 2.24) is 4.98 Å². The van der Waals surface area contributed by atoms with E-state index in [2.05, 4.69) is 4.98 Å². The van der Waals surface area contributed by atoms with Crippen molar-refractivity contribution in [2.75, 3.05) is 4.90 Å². The molecule has 3 aromatic rings. The second-order valence-electron chi connectivity index (χ2n) is 5.75. The van der Waals surface area contributed by atoms with Gasteiger partial charge in [0.2, 0.25) is 0 Å². The zero-order chi connectivity index (χ0) is 16.2. The maximum absolute atomic E-state index is 12.5. The first-order valence-corrected chi connectivity index (χ1v) is 7.72. The van der Waals surface area contributed by atoms with E-state index < -0.39 is 0 Å². The number of H-pyrrole nitrogens is 1. The minimum absolute atomic E-state index is 0.00895. The number of hydrogen-bond acceptors (Lipinski definition) is 2. The highest BCUT2D eigenvalue weighted by Gasteiger charge is 2.21. The van der Waals surface area contributed by atoms with Gasteiger partial charge in [0.15, 0.2) is 0 Å². The Balaban J connectivity index is 1.78. The van der Waals surface area contributed by atoms with Crippen LogP contribution in [0.1, 0.15) is 19.4 Å². The van der Waals surface area contributed by atoms with Crippen molar-refractivity contribution in [2.45, 2.75) is 26.5 Å². The summed E-state index contributed by atoms with van der Waals surface area (Å²) in [5.41, 5.74) is 2.87. The smallest absolute Gasteiger partial charge is 0.414 e. The largest absolute Gasteiger partial charge is 0.444 e. The quantitative estimate of drug-likeness (QED) is 0.758. The standard InChI is InChI=1S/C19H20N2O2/c1-14(2)21(17-8-9-18-16(12-17)10-11-20-18)19(22)23-13-15-6-4-3-5-7-15/h3-12,14,20H,13H2,1-2H3. The number of fused-ring (bicyclic) bond motifs is 1. The summed E-state index contributed by atoms with van der Waals surface area (Å²) >= 11 is 0. The van der Waals surface area contributed by atoms with Crippen LogP contribution in [0.25, 0.3) is 10.9 Å². The van der Waals surface area contributed by atoms with Gasteiger partial charge in [-0.1, -0.05) is 30.3 Å². The van der Waals surface area contributed by atoms with Crippen LogP contribution >= 0.6 is 0 Å². The summed E-state index contributed by atoms with van der Waals surface area (Å²) in [7, 11) is 0. The van der Waals surface area contributed by atoms with Crippen LogP contribution in [0.15, 0.2) is 60.8 Å². The SMILES string of the molecule is CC(C)N(C(=O)OCc1ccccc1)c1ccc2[nH]ccc2c1. The van der Waals surface area contributed by atoms with Crippen LogP contribution in [0.5, 0.6) is 0 Å². The zero-order valence-electron chi connectivity index (χ0n) is 13.3. The molecule has 0 unspecified atom stereocenters. The molecule has 0 spiro atoms. The molecule has 0 saturated heterocycles. The Labute approximate surface area is 135 Å². The van der Waals surface area contributed by atoms with Crippen molar-refractivity contribution < 1.29 is 9.53 Å². The predicted molar refractivity (Wildman–Crippen MR) is 92.5 cm³/mol. The number of nitrogens with zero attached hydrogens (tertiary/aromatic N) is 1. The molecule has 1 aromatic heterocycles. The molecule has 0 aliphatic carbocycles. The van der Waals surface area contributed by atoms with E-state index in [4.69, 9.17) is 4.74 Å². The van der Waals surface area contributed by atoms with E-state index in [0.717, 1.165) is 22.2 Å². The summed E-state index contributed by atoms with van der Waals surface area (Å²) in [5, 5.41) is 1.07. The Bertz CT molecular complexity index is 793. The first-order chi connectivity index (χ1) is 11.1. The van der Waals surface area contributed by atoms with Crippen molar-refractivity contribution in [3.63, 3.8) is 0 Å². The molecule has 4 heteroatoms. The van der Waals surface area contributed by atoms with Gasteiger partial charge in [-0.3, -0.25) is 4.90 Å². The number of ether oxygens (including phenoxy) is 1. The van der Waals surface area contributed by atoms with Gasteiger partial charge in [0.05, 0.1) is 0 Å². The van der Waals surface area contributed by atoms with Crippen LogP contribution < -0.4 is 4.90 Å². The van der Waals surface area contributed by atoms with E-state index in [9.17, 15) is 4.79 Å². The number of hydrogen-bond donors (Lipinski definition) is 1. The number of nitrogens with one attached hydrogen (secondary N) is 1. The number of carbonyl (C=O) groups excluding carboxylic acids is 1.